The number of hydrogen-bond donors (Lipinski definition) is 0. The van der Waals surface area contributed by atoms with Gasteiger partial charge in [0, 0.05) is 6.61 Å². The van der Waals surface area contributed by atoms with Gasteiger partial charge in [-0.3, -0.25) is 0 Å². The zero-order chi connectivity index (χ0) is 12.4. The Labute approximate surface area is 192 Å². The second kappa shape index (κ2) is 16.4. The molecule has 0 heterocycles. The average Bonchev–Trinajstić information content (AvgIpc) is 2.28. The first kappa shape index (κ1) is 24.3. The summed E-state index contributed by atoms with van der Waals surface area (Å²) in [6, 6.07) is 9.15. The first-order valence-electron chi connectivity index (χ1n) is 4.27. The summed E-state index contributed by atoms with van der Waals surface area (Å²) in [5.41, 5.74) is 0.863. The third-order valence-corrected chi connectivity index (χ3v) is 1.75. The van der Waals surface area contributed by atoms with E-state index < -0.39 is 15.1 Å². The van der Waals surface area contributed by atoms with Gasteiger partial charge in [-0.15, -0.1) is 0 Å². The predicted molar refractivity (Wildman–Crippen MR) is 52.9 cm³/mol. The van der Waals surface area contributed by atoms with Gasteiger partial charge in [0.05, 0.1) is 5.97 Å². The third-order valence-electron chi connectivity index (χ3n) is 1.37. The van der Waals surface area contributed by atoms with Crippen LogP contribution in [0, 0.1) is 0 Å². The van der Waals surface area contributed by atoms with E-state index in [1.165, 1.54) is 0 Å². The second-order valence-corrected chi connectivity index (χ2v) is 3.34. The molecular formula is C10H10K2O5Si. The SMILES string of the molecule is C=CC(=O)[O-].O=[Si]([O-])OCc1ccccc1.[K+].[K+]. The number of carboxylic acids is 1. The van der Waals surface area contributed by atoms with Crippen molar-refractivity contribution in [1.29, 1.82) is 0 Å². The average molecular weight is 316 g/mol. The smallest absolute Gasteiger partial charge is 0.584 e. The van der Waals surface area contributed by atoms with Gasteiger partial charge in [0.1, 0.15) is 0 Å². The summed E-state index contributed by atoms with van der Waals surface area (Å²) in [5, 5.41) is 9.14. The summed E-state index contributed by atoms with van der Waals surface area (Å²) >= 11 is 0. The zero-order valence-electron chi connectivity index (χ0n) is 10.4. The molecule has 0 radical (unpaired) electrons. The van der Waals surface area contributed by atoms with E-state index in [2.05, 4.69) is 11.0 Å². The van der Waals surface area contributed by atoms with Crippen LogP contribution in [0.3, 0.4) is 0 Å². The first-order chi connectivity index (χ1) is 7.56. The summed E-state index contributed by atoms with van der Waals surface area (Å²) in [5.74, 6) is -1.23. The fourth-order valence-electron chi connectivity index (χ4n) is 0.716. The van der Waals surface area contributed by atoms with Crippen molar-refractivity contribution in [3.63, 3.8) is 0 Å². The van der Waals surface area contributed by atoms with Gasteiger partial charge < -0.3 is 23.6 Å². The number of benzene rings is 1. The molecule has 0 fully saturated rings. The molecule has 0 spiro atoms. The standard InChI is InChI=1S/C7H7O3Si.C3H4O2.2K/c8-11(9)10-6-7-4-2-1-3-5-7;1-2-3(4)5;;/h1-5H,6H2;2H,1H2,(H,4,5);;/q-1;;2*+1/p-1. The quantitative estimate of drug-likeness (QED) is 0.407. The molecule has 0 aliphatic rings. The van der Waals surface area contributed by atoms with Crippen molar-refractivity contribution >= 4 is 15.1 Å². The molecule has 5 nitrogen and oxygen atoms in total. The molecule has 8 heteroatoms. The maximum atomic E-state index is 10.0. The number of carbonyl (C=O) groups excluding carboxylic acids is 1. The molecule has 1 aromatic rings. The van der Waals surface area contributed by atoms with Crippen molar-refractivity contribution in [2.45, 2.75) is 6.61 Å². The Morgan fingerprint density at radius 2 is 1.78 bits per heavy atom. The van der Waals surface area contributed by atoms with Gasteiger partial charge in [0.2, 0.25) is 0 Å². The molecule has 18 heavy (non-hydrogen) atoms. The maximum Gasteiger partial charge on any atom is 1.00 e. The normalized spacial score (nSPS) is 7.33. The molecule has 0 aromatic heterocycles. The Bertz CT molecular complexity index is 359. The number of carbonyl (C=O) groups is 1. The van der Waals surface area contributed by atoms with Crippen molar-refractivity contribution in [3.8, 4) is 0 Å². The summed E-state index contributed by atoms with van der Waals surface area (Å²) in [6.45, 7) is 3.04. The Morgan fingerprint density at radius 3 is 2.11 bits per heavy atom. The van der Waals surface area contributed by atoms with Gasteiger partial charge in [-0.1, -0.05) is 36.9 Å². The molecule has 0 bridgehead atoms. The van der Waals surface area contributed by atoms with E-state index in [9.17, 15) is 9.26 Å². The van der Waals surface area contributed by atoms with Crippen molar-refractivity contribution in [3.05, 3.63) is 48.6 Å². The summed E-state index contributed by atoms with van der Waals surface area (Å²) in [4.78, 5) is 19.2. The zero-order valence-corrected chi connectivity index (χ0v) is 17.7. The Morgan fingerprint density at radius 1 is 1.33 bits per heavy atom. The van der Waals surface area contributed by atoms with Crippen LogP contribution in [0.5, 0.6) is 0 Å². The van der Waals surface area contributed by atoms with Crippen LogP contribution >= 0.6 is 0 Å². The van der Waals surface area contributed by atoms with E-state index in [0.29, 0.717) is 0 Å². The molecule has 86 valence electrons. The van der Waals surface area contributed by atoms with Crippen LogP contribution in [0.25, 0.3) is 0 Å². The van der Waals surface area contributed by atoms with Gasteiger partial charge in [0.25, 0.3) is 0 Å². The van der Waals surface area contributed by atoms with Crippen LogP contribution < -0.4 is 113 Å². The van der Waals surface area contributed by atoms with Gasteiger partial charge in [-0.25, -0.2) is 0 Å². The Kier molecular flexibility index (Phi) is 22.1. The van der Waals surface area contributed by atoms with E-state index in [1.54, 1.807) is 0 Å². The van der Waals surface area contributed by atoms with Crippen LogP contribution in [-0.2, 0) is 20.3 Å². The minimum absolute atomic E-state index is 0. The number of carboxylic acid groups (broad SMARTS) is 1. The molecule has 0 aliphatic heterocycles. The van der Waals surface area contributed by atoms with E-state index in [0.717, 1.165) is 11.6 Å². The molecule has 0 unspecified atom stereocenters. The second-order valence-electron chi connectivity index (χ2n) is 2.55. The molecule has 1 rings (SSSR count). The topological polar surface area (TPSA) is 89.5 Å². The van der Waals surface area contributed by atoms with Crippen molar-refractivity contribution < 1.29 is 126 Å². The van der Waals surface area contributed by atoms with E-state index in [4.69, 9.17) is 9.90 Å². The molecule has 0 saturated carbocycles. The fourth-order valence-corrected chi connectivity index (χ4v) is 1.00. The van der Waals surface area contributed by atoms with Crippen LogP contribution in [0.2, 0.25) is 0 Å². The van der Waals surface area contributed by atoms with Crippen LogP contribution in [0.4, 0.5) is 0 Å². The van der Waals surface area contributed by atoms with Crippen molar-refractivity contribution in [2.75, 3.05) is 0 Å². The van der Waals surface area contributed by atoms with Gasteiger partial charge >= 0.3 is 112 Å². The number of rotatable bonds is 4. The molecule has 0 saturated heterocycles. The number of hydrogen-bond acceptors (Lipinski definition) is 5. The summed E-state index contributed by atoms with van der Waals surface area (Å²) in [7, 11) is -3.03. The maximum absolute atomic E-state index is 10.0. The fraction of sp³-hybridized carbons (Fsp3) is 0.100. The van der Waals surface area contributed by atoms with Crippen molar-refractivity contribution in [1.82, 2.24) is 0 Å². The molecular weight excluding hydrogens is 306 g/mol. The molecule has 0 atom stereocenters. The minimum atomic E-state index is -3.03. The van der Waals surface area contributed by atoms with Gasteiger partial charge in [0.15, 0.2) is 0 Å². The van der Waals surface area contributed by atoms with Crippen LogP contribution in [0.15, 0.2) is 43.0 Å². The Balaban J connectivity index is -0.000000282. The predicted octanol–water partition coefficient (Wildman–Crippen LogP) is -7.09. The largest absolute Gasteiger partial charge is 1.00 e. The monoisotopic (exact) mass is 316 g/mol. The molecule has 0 amide bonds. The number of aliphatic carboxylic acids is 1. The molecule has 1 aromatic carbocycles. The summed E-state index contributed by atoms with van der Waals surface area (Å²) < 4.78 is 14.4. The summed E-state index contributed by atoms with van der Waals surface area (Å²) in [6.07, 6.45) is 0.722. The molecule has 0 aliphatic carbocycles. The first-order valence-corrected chi connectivity index (χ1v) is 5.50. The molecule has 0 N–H and O–H groups in total. The van der Waals surface area contributed by atoms with Crippen LogP contribution in [0.1, 0.15) is 5.56 Å². The van der Waals surface area contributed by atoms with E-state index >= 15 is 0 Å². The van der Waals surface area contributed by atoms with Crippen LogP contribution in [-0.4, -0.2) is 15.1 Å². The van der Waals surface area contributed by atoms with Gasteiger partial charge in [-0.05, 0) is 11.6 Å². The minimum Gasteiger partial charge on any atom is -0.584 e. The van der Waals surface area contributed by atoms with Gasteiger partial charge in [-0.2, -0.15) is 0 Å². The van der Waals surface area contributed by atoms with Crippen molar-refractivity contribution in [2.24, 2.45) is 0 Å². The van der Waals surface area contributed by atoms with E-state index in [1.807, 2.05) is 30.3 Å². The van der Waals surface area contributed by atoms with E-state index in [-0.39, 0.29) is 109 Å². The Hall–Kier alpha value is 1.32. The third kappa shape index (κ3) is 17.3.